The van der Waals surface area contributed by atoms with Crippen molar-refractivity contribution in [1.82, 2.24) is 20.4 Å². The molecule has 0 spiro atoms. The van der Waals surface area contributed by atoms with Crippen LogP contribution in [-0.2, 0) is 47.9 Å². The molecule has 6 aliphatic rings. The molecule has 6 fully saturated rings. The van der Waals surface area contributed by atoms with Crippen LogP contribution in [0, 0.1) is 0 Å². The molecule has 0 atom stereocenters. The van der Waals surface area contributed by atoms with Crippen LogP contribution in [-0.4, -0.2) is 133 Å². The van der Waals surface area contributed by atoms with Crippen LogP contribution in [0.1, 0.15) is 128 Å². The average Bonchev–Trinajstić information content (AvgIpc) is 0.838. The molecule has 0 bridgehead atoms. The third-order valence-electron chi connectivity index (χ3n) is 18.1. The van der Waals surface area contributed by atoms with Crippen LogP contribution in [0.3, 0.4) is 0 Å². The van der Waals surface area contributed by atoms with Crippen LogP contribution >= 0.6 is 0 Å². The maximum atomic E-state index is 12.4. The van der Waals surface area contributed by atoms with Crippen molar-refractivity contribution in [2.45, 2.75) is 153 Å². The Kier molecular flexibility index (Phi) is 28.3. The fourth-order valence-corrected chi connectivity index (χ4v) is 12.7. The molecule has 2 heterocycles. The van der Waals surface area contributed by atoms with Gasteiger partial charge in [-0.2, -0.15) is 0 Å². The lowest BCUT2D eigenvalue weighted by molar-refractivity contribution is -0.160. The second-order valence-corrected chi connectivity index (χ2v) is 24.8. The molecule has 96 heavy (non-hydrogen) atoms. The van der Waals surface area contributed by atoms with E-state index in [-0.39, 0.29) is 23.9 Å². The Balaban J connectivity index is 0.000000154. The first-order valence-corrected chi connectivity index (χ1v) is 34.0. The van der Waals surface area contributed by atoms with Gasteiger partial charge in [-0.25, -0.2) is 0 Å². The number of benzene rings is 6. The molecule has 6 aromatic carbocycles. The van der Waals surface area contributed by atoms with Gasteiger partial charge < -0.3 is 50.7 Å². The van der Waals surface area contributed by atoms with Gasteiger partial charge in [0, 0.05) is 98.6 Å². The average molecular weight is 1310 g/mol. The van der Waals surface area contributed by atoms with E-state index in [1.807, 2.05) is 119 Å². The minimum absolute atomic E-state index is 0.211. The van der Waals surface area contributed by atoms with Crippen LogP contribution in [0.25, 0.3) is 0 Å². The number of para-hydroxylation sites is 6. The number of carbonyl (C=O) groups excluding carboxylic acids is 10. The second-order valence-electron chi connectivity index (χ2n) is 24.8. The Labute approximate surface area is 564 Å². The van der Waals surface area contributed by atoms with Crippen molar-refractivity contribution in [1.29, 1.82) is 0 Å². The van der Waals surface area contributed by atoms with Crippen molar-refractivity contribution in [2.75, 3.05) is 70.5 Å². The molecular weight excluding hydrogens is 1210 g/mol. The molecule has 6 aromatic rings. The highest BCUT2D eigenvalue weighted by Crippen LogP contribution is 2.29. The molecule has 12 rings (SSSR count). The molecule has 4 saturated carbocycles. The van der Waals surface area contributed by atoms with Gasteiger partial charge in [0.05, 0.1) is 0 Å². The Morgan fingerprint density at radius 3 is 0.896 bits per heavy atom. The first kappa shape index (κ1) is 71.9. The number of carbonyl (C=O) groups is 10. The highest BCUT2D eigenvalue weighted by Gasteiger charge is 2.40. The van der Waals surface area contributed by atoms with Gasteiger partial charge in [-0.05, 0) is 124 Å². The van der Waals surface area contributed by atoms with Crippen molar-refractivity contribution in [2.24, 2.45) is 0 Å². The standard InChI is InChI=1S/C16H26N2O2.C16H14N2O2.C16H16N2O2.C14H24N2O2.C14H12N2O2/c2*19-15-16(20)18(14-9-5-2-6-10-14)12-11-17(15)13-7-3-1-4-8-13;1-17(13-9-5-3-6-10-13)15(19)16(20)18(2)14-11-7-4-8-12-14;2*17-13(15-11-7-3-1-4-8-11)14(18)16-12-9-5-2-6-10-12/h13-14H,1-12H2;1-10H,11-12H2;3-12H,1-2H3;11-12H,1-10H2,(H,15,17)(H,16,18);1-10H,(H,15,17)(H,16,18). The van der Waals surface area contributed by atoms with Crippen LogP contribution in [0.15, 0.2) is 182 Å². The van der Waals surface area contributed by atoms with Gasteiger partial charge in [-0.3, -0.25) is 47.9 Å². The number of nitrogens with one attached hydrogen (secondary N) is 4. The first-order chi connectivity index (χ1) is 46.7. The zero-order valence-corrected chi connectivity index (χ0v) is 55.4. The molecule has 2 saturated heterocycles. The van der Waals surface area contributed by atoms with E-state index in [1.165, 1.54) is 71.0 Å². The van der Waals surface area contributed by atoms with Crippen LogP contribution < -0.4 is 40.9 Å². The molecule has 0 aromatic heterocycles. The second kappa shape index (κ2) is 37.8. The highest BCUT2D eigenvalue weighted by molar-refractivity contribution is 6.46. The van der Waals surface area contributed by atoms with E-state index in [4.69, 9.17) is 0 Å². The molecule has 4 N–H and O–H groups in total. The number of anilines is 6. The zero-order chi connectivity index (χ0) is 68.0. The summed E-state index contributed by atoms with van der Waals surface area (Å²) < 4.78 is 0. The van der Waals surface area contributed by atoms with Gasteiger partial charge in [0.1, 0.15) is 0 Å². The van der Waals surface area contributed by atoms with E-state index < -0.39 is 47.3 Å². The number of hydrogen-bond acceptors (Lipinski definition) is 10. The van der Waals surface area contributed by atoms with Crippen molar-refractivity contribution in [3.63, 3.8) is 0 Å². The minimum Gasteiger partial charge on any atom is -0.345 e. The Hall–Kier alpha value is -9.98. The highest BCUT2D eigenvalue weighted by atomic mass is 16.2. The number of likely N-dealkylation sites (N-methyl/N-ethyl adjacent to an activating group) is 2. The van der Waals surface area contributed by atoms with E-state index in [0.29, 0.717) is 47.9 Å². The number of nitrogens with zero attached hydrogens (tertiary/aromatic N) is 6. The third-order valence-corrected chi connectivity index (χ3v) is 18.1. The van der Waals surface area contributed by atoms with Crippen LogP contribution in [0.5, 0.6) is 0 Å². The molecule has 506 valence electrons. The Morgan fingerprint density at radius 1 is 0.323 bits per heavy atom. The van der Waals surface area contributed by atoms with E-state index in [9.17, 15) is 47.9 Å². The lowest BCUT2D eigenvalue weighted by Crippen LogP contribution is -2.60. The summed E-state index contributed by atoms with van der Waals surface area (Å²) in [7, 11) is 3.18. The summed E-state index contributed by atoms with van der Waals surface area (Å²) >= 11 is 0. The lowest BCUT2D eigenvalue weighted by atomic mass is 9.92. The molecule has 20 nitrogen and oxygen atoms in total. The molecule has 10 amide bonds. The number of amides is 10. The molecular formula is C76H92N10O10. The summed E-state index contributed by atoms with van der Waals surface area (Å²) in [4.78, 5) is 130. The minimum atomic E-state index is -0.690. The normalized spacial score (nSPS) is 17.0. The van der Waals surface area contributed by atoms with Crippen molar-refractivity contribution in [3.8, 4) is 0 Å². The van der Waals surface area contributed by atoms with Gasteiger partial charge in [-0.1, -0.05) is 186 Å². The monoisotopic (exact) mass is 1300 g/mol. The predicted octanol–water partition coefficient (Wildman–Crippen LogP) is 10.8. The van der Waals surface area contributed by atoms with E-state index >= 15 is 0 Å². The summed E-state index contributed by atoms with van der Waals surface area (Å²) in [6.45, 7) is 2.52. The number of hydrogen-bond donors (Lipinski definition) is 4. The SMILES string of the molecule is CN(C(=O)C(=O)N(C)c1ccccc1)c1ccccc1.O=C(NC1CCCCC1)C(=O)NC1CCCCC1.O=C(Nc1ccccc1)C(=O)Nc1ccccc1.O=C1C(=O)N(C2CCCCC2)CCN1C1CCCCC1.O=C1C(=O)N(c2ccccc2)CCN1c1ccccc1. The van der Waals surface area contributed by atoms with E-state index in [1.54, 1.807) is 86.9 Å². The zero-order valence-electron chi connectivity index (χ0n) is 55.4. The largest absolute Gasteiger partial charge is 0.345 e. The van der Waals surface area contributed by atoms with Crippen molar-refractivity contribution >= 4 is 93.2 Å². The first-order valence-electron chi connectivity index (χ1n) is 34.0. The van der Waals surface area contributed by atoms with Crippen molar-refractivity contribution < 1.29 is 47.9 Å². The van der Waals surface area contributed by atoms with Gasteiger partial charge in [0.2, 0.25) is 0 Å². The lowest BCUT2D eigenvalue weighted by Gasteiger charge is -2.43. The molecule has 20 heteroatoms. The van der Waals surface area contributed by atoms with Gasteiger partial charge >= 0.3 is 59.1 Å². The van der Waals surface area contributed by atoms with Crippen LogP contribution in [0.2, 0.25) is 0 Å². The summed E-state index contributed by atoms with van der Waals surface area (Å²) in [5.41, 5.74) is 4.08. The van der Waals surface area contributed by atoms with E-state index in [2.05, 4.69) is 21.3 Å². The number of rotatable bonds is 10. The fourth-order valence-electron chi connectivity index (χ4n) is 12.7. The van der Waals surface area contributed by atoms with Crippen LogP contribution in [0.4, 0.5) is 34.1 Å². The summed E-state index contributed by atoms with van der Waals surface area (Å²) in [6.07, 6.45) is 22.9. The molecule has 4 aliphatic carbocycles. The van der Waals surface area contributed by atoms with Gasteiger partial charge in [0.15, 0.2) is 0 Å². The summed E-state index contributed by atoms with van der Waals surface area (Å²) in [5.74, 6) is -4.81. The molecule has 0 radical (unpaired) electrons. The topological polar surface area (TPSA) is 238 Å². The van der Waals surface area contributed by atoms with Crippen molar-refractivity contribution in [3.05, 3.63) is 182 Å². The smallest absolute Gasteiger partial charge is 0.316 e. The fraction of sp³-hybridized carbons (Fsp3) is 0.395. The quantitative estimate of drug-likeness (QED) is 0.0946. The van der Waals surface area contributed by atoms with Gasteiger partial charge in [-0.15, -0.1) is 0 Å². The molecule has 2 aliphatic heterocycles. The third kappa shape index (κ3) is 21.5. The number of piperazine rings is 2. The summed E-state index contributed by atoms with van der Waals surface area (Å²) in [5, 5.41) is 10.7. The maximum absolute atomic E-state index is 12.4. The Morgan fingerprint density at radius 2 is 0.594 bits per heavy atom. The predicted molar refractivity (Wildman–Crippen MR) is 375 cm³/mol. The molecule has 0 unspecified atom stereocenters. The van der Waals surface area contributed by atoms with Gasteiger partial charge in [0.25, 0.3) is 0 Å². The Bertz CT molecular complexity index is 3230. The van der Waals surface area contributed by atoms with E-state index in [0.717, 1.165) is 102 Å². The maximum Gasteiger partial charge on any atom is 0.316 e. The summed E-state index contributed by atoms with van der Waals surface area (Å²) in [6, 6.07) is 55.4.